The number of carbonyl (C=O) groups excluding carboxylic acids is 1. The van der Waals surface area contributed by atoms with Crippen molar-refractivity contribution >= 4 is 17.5 Å². The van der Waals surface area contributed by atoms with Gasteiger partial charge in [-0.05, 0) is 47.4 Å². The van der Waals surface area contributed by atoms with E-state index in [1.165, 1.54) is 5.56 Å². The number of benzene rings is 3. The number of rotatable bonds is 8. The first-order valence-corrected chi connectivity index (χ1v) is 9.79. The second-order valence-electron chi connectivity index (χ2n) is 6.65. The highest BCUT2D eigenvalue weighted by Gasteiger charge is 2.16. The summed E-state index contributed by atoms with van der Waals surface area (Å²) in [7, 11) is 0. The smallest absolute Gasteiger partial charge is 0.261 e. The van der Waals surface area contributed by atoms with Gasteiger partial charge in [0.05, 0.1) is 0 Å². The van der Waals surface area contributed by atoms with Crippen LogP contribution in [0.5, 0.6) is 5.75 Å². The first-order chi connectivity index (χ1) is 13.6. The summed E-state index contributed by atoms with van der Waals surface area (Å²) in [5, 5.41) is 0.684. The molecular weight excluding hydrogens is 370 g/mol. The quantitative estimate of drug-likeness (QED) is 0.505. The lowest BCUT2D eigenvalue weighted by Crippen LogP contribution is -2.34. The van der Waals surface area contributed by atoms with E-state index in [2.05, 4.69) is 31.2 Å². The molecule has 0 radical (unpaired) electrons. The Morgan fingerprint density at radius 3 is 1.93 bits per heavy atom. The van der Waals surface area contributed by atoms with Crippen molar-refractivity contribution in [1.29, 1.82) is 0 Å². The highest BCUT2D eigenvalue weighted by molar-refractivity contribution is 6.30. The predicted molar refractivity (Wildman–Crippen MR) is 113 cm³/mol. The molecule has 0 N–H and O–H groups in total. The van der Waals surface area contributed by atoms with Gasteiger partial charge in [0.25, 0.3) is 5.91 Å². The Hall–Kier alpha value is -2.78. The average molecular weight is 394 g/mol. The Morgan fingerprint density at radius 2 is 1.36 bits per heavy atom. The minimum atomic E-state index is -0.0571. The molecule has 0 aliphatic rings. The second kappa shape index (κ2) is 9.95. The number of carbonyl (C=O) groups is 1. The zero-order chi connectivity index (χ0) is 19.8. The van der Waals surface area contributed by atoms with Crippen molar-refractivity contribution in [3.63, 3.8) is 0 Å². The van der Waals surface area contributed by atoms with Gasteiger partial charge in [-0.25, -0.2) is 0 Å². The highest BCUT2D eigenvalue weighted by Crippen LogP contribution is 2.16. The molecule has 0 unspecified atom stereocenters. The number of aryl methyl sites for hydroxylation is 1. The summed E-state index contributed by atoms with van der Waals surface area (Å²) in [6.45, 7) is 3.17. The molecule has 0 aromatic heterocycles. The molecule has 3 aromatic rings. The van der Waals surface area contributed by atoms with Gasteiger partial charge in [0.1, 0.15) is 5.75 Å². The van der Waals surface area contributed by atoms with E-state index in [1.807, 2.05) is 59.5 Å². The summed E-state index contributed by atoms with van der Waals surface area (Å²) in [4.78, 5) is 14.7. The monoisotopic (exact) mass is 393 g/mol. The van der Waals surface area contributed by atoms with Crippen LogP contribution in [0, 0.1) is 0 Å². The number of amides is 1. The Kier molecular flexibility index (Phi) is 7.10. The van der Waals surface area contributed by atoms with E-state index in [9.17, 15) is 4.79 Å². The van der Waals surface area contributed by atoms with Crippen molar-refractivity contribution in [2.75, 3.05) is 6.61 Å². The topological polar surface area (TPSA) is 29.5 Å². The van der Waals surface area contributed by atoms with Crippen LogP contribution in [0.3, 0.4) is 0 Å². The maximum Gasteiger partial charge on any atom is 0.261 e. The predicted octanol–water partition coefficient (Wildman–Crippen LogP) is 5.51. The SMILES string of the molecule is CCc1ccc(CN(Cc2ccc(Cl)cc2)C(=O)COc2ccccc2)cc1. The Balaban J connectivity index is 1.72. The normalized spacial score (nSPS) is 10.5. The van der Waals surface area contributed by atoms with Crippen LogP contribution in [0.2, 0.25) is 5.02 Å². The molecule has 0 saturated carbocycles. The summed E-state index contributed by atoms with van der Waals surface area (Å²) in [6.07, 6.45) is 0.999. The van der Waals surface area contributed by atoms with E-state index >= 15 is 0 Å². The van der Waals surface area contributed by atoms with Gasteiger partial charge in [0.2, 0.25) is 0 Å². The van der Waals surface area contributed by atoms with Crippen LogP contribution in [0.1, 0.15) is 23.6 Å². The highest BCUT2D eigenvalue weighted by atomic mass is 35.5. The standard InChI is InChI=1S/C24H24ClNO2/c1-2-19-8-10-20(11-9-19)16-26(17-21-12-14-22(25)15-13-21)24(27)18-28-23-6-4-3-5-7-23/h3-15H,2,16-18H2,1H3. The Morgan fingerprint density at radius 1 is 0.821 bits per heavy atom. The number of ether oxygens (including phenoxy) is 1. The van der Waals surface area contributed by atoms with E-state index in [0.29, 0.717) is 23.9 Å². The molecule has 0 bridgehead atoms. The fourth-order valence-electron chi connectivity index (χ4n) is 2.90. The summed E-state index contributed by atoms with van der Waals surface area (Å²) in [5.74, 6) is 0.632. The number of para-hydroxylation sites is 1. The van der Waals surface area contributed by atoms with Crippen molar-refractivity contribution < 1.29 is 9.53 Å². The molecule has 28 heavy (non-hydrogen) atoms. The molecule has 0 fully saturated rings. The minimum absolute atomic E-state index is 0.00461. The van der Waals surface area contributed by atoms with Crippen LogP contribution in [-0.2, 0) is 24.3 Å². The first kappa shape index (κ1) is 20.0. The summed E-state index contributed by atoms with van der Waals surface area (Å²) in [5.41, 5.74) is 3.41. The molecule has 3 nitrogen and oxygen atoms in total. The lowest BCUT2D eigenvalue weighted by Gasteiger charge is -2.23. The third kappa shape index (κ3) is 5.86. The molecule has 0 aliphatic heterocycles. The largest absolute Gasteiger partial charge is 0.484 e. The Labute approximate surface area is 171 Å². The van der Waals surface area contributed by atoms with Crippen LogP contribution in [0.15, 0.2) is 78.9 Å². The summed E-state index contributed by atoms with van der Waals surface area (Å²) < 4.78 is 5.67. The first-order valence-electron chi connectivity index (χ1n) is 9.42. The molecule has 3 aromatic carbocycles. The van der Waals surface area contributed by atoms with Gasteiger partial charge in [-0.1, -0.05) is 73.1 Å². The van der Waals surface area contributed by atoms with Gasteiger partial charge in [0.15, 0.2) is 6.61 Å². The Bertz CT molecular complexity index is 877. The molecular formula is C24H24ClNO2. The van der Waals surface area contributed by atoms with Gasteiger partial charge in [-0.2, -0.15) is 0 Å². The van der Waals surface area contributed by atoms with Gasteiger partial charge >= 0.3 is 0 Å². The van der Waals surface area contributed by atoms with Gasteiger partial charge in [-0.15, -0.1) is 0 Å². The fraction of sp³-hybridized carbons (Fsp3) is 0.208. The van der Waals surface area contributed by atoms with Gasteiger partial charge in [-0.3, -0.25) is 4.79 Å². The fourth-order valence-corrected chi connectivity index (χ4v) is 3.02. The third-order valence-electron chi connectivity index (χ3n) is 4.55. The molecule has 4 heteroatoms. The van der Waals surface area contributed by atoms with E-state index < -0.39 is 0 Å². The number of hydrogen-bond acceptors (Lipinski definition) is 2. The molecule has 144 valence electrons. The number of halogens is 1. The summed E-state index contributed by atoms with van der Waals surface area (Å²) in [6, 6.07) is 25.4. The average Bonchev–Trinajstić information content (AvgIpc) is 2.74. The van der Waals surface area contributed by atoms with Crippen LogP contribution in [-0.4, -0.2) is 17.4 Å². The molecule has 0 aliphatic carbocycles. The number of nitrogens with zero attached hydrogens (tertiary/aromatic N) is 1. The molecule has 0 atom stereocenters. The zero-order valence-corrected chi connectivity index (χ0v) is 16.7. The van der Waals surface area contributed by atoms with Crippen molar-refractivity contribution in [3.8, 4) is 5.75 Å². The molecule has 0 heterocycles. The molecule has 3 rings (SSSR count). The maximum atomic E-state index is 12.9. The van der Waals surface area contributed by atoms with Crippen LogP contribution >= 0.6 is 11.6 Å². The molecule has 1 amide bonds. The molecule has 0 saturated heterocycles. The third-order valence-corrected chi connectivity index (χ3v) is 4.80. The van der Waals surface area contributed by atoms with Crippen LogP contribution in [0.25, 0.3) is 0 Å². The van der Waals surface area contributed by atoms with E-state index in [4.69, 9.17) is 16.3 Å². The summed E-state index contributed by atoms with van der Waals surface area (Å²) >= 11 is 5.99. The lowest BCUT2D eigenvalue weighted by molar-refractivity contribution is -0.134. The maximum absolute atomic E-state index is 12.9. The van der Waals surface area contributed by atoms with E-state index in [1.54, 1.807) is 0 Å². The lowest BCUT2D eigenvalue weighted by atomic mass is 10.1. The van der Waals surface area contributed by atoms with E-state index in [0.717, 1.165) is 17.5 Å². The van der Waals surface area contributed by atoms with Crippen molar-refractivity contribution in [2.45, 2.75) is 26.4 Å². The van der Waals surface area contributed by atoms with Crippen LogP contribution < -0.4 is 4.74 Å². The molecule has 0 spiro atoms. The van der Waals surface area contributed by atoms with Crippen molar-refractivity contribution in [3.05, 3.63) is 101 Å². The van der Waals surface area contributed by atoms with E-state index in [-0.39, 0.29) is 12.5 Å². The van der Waals surface area contributed by atoms with Gasteiger partial charge in [0, 0.05) is 18.1 Å². The van der Waals surface area contributed by atoms with Crippen LogP contribution in [0.4, 0.5) is 0 Å². The van der Waals surface area contributed by atoms with Crippen molar-refractivity contribution in [2.24, 2.45) is 0 Å². The minimum Gasteiger partial charge on any atom is -0.484 e. The van der Waals surface area contributed by atoms with Crippen molar-refractivity contribution in [1.82, 2.24) is 4.90 Å². The van der Waals surface area contributed by atoms with Gasteiger partial charge < -0.3 is 9.64 Å². The second-order valence-corrected chi connectivity index (χ2v) is 7.08. The number of hydrogen-bond donors (Lipinski definition) is 0. The zero-order valence-electron chi connectivity index (χ0n) is 16.0.